The number of para-hydroxylation sites is 2. The molecule has 0 amide bonds. The predicted molar refractivity (Wildman–Crippen MR) is 84.9 cm³/mol. The van der Waals surface area contributed by atoms with Gasteiger partial charge in [0.05, 0.1) is 11.4 Å². The summed E-state index contributed by atoms with van der Waals surface area (Å²) in [6, 6.07) is 20.0. The lowest BCUT2D eigenvalue weighted by molar-refractivity contribution is 1.24. The quantitative estimate of drug-likeness (QED) is 0.669. The second-order valence-electron chi connectivity index (χ2n) is 4.72. The third kappa shape index (κ3) is 2.03. The van der Waals surface area contributed by atoms with E-state index in [2.05, 4.69) is 31.7 Å². The van der Waals surface area contributed by atoms with Crippen LogP contribution in [0.2, 0.25) is 0 Å². The number of hydrogen-bond acceptors (Lipinski definition) is 4. The fraction of sp³-hybridized carbons (Fsp3) is 0. The van der Waals surface area contributed by atoms with Crippen molar-refractivity contribution in [1.82, 2.24) is 9.97 Å². The first-order chi connectivity index (χ1) is 10.4. The molecule has 1 aromatic carbocycles. The molecular weight excluding hydrogens is 259 g/mol. The van der Waals surface area contributed by atoms with Crippen LogP contribution in [0.25, 0.3) is 0 Å². The van der Waals surface area contributed by atoms with Gasteiger partial charge in [0.2, 0.25) is 0 Å². The summed E-state index contributed by atoms with van der Waals surface area (Å²) in [5.74, 6) is 1.78. The molecule has 0 unspecified atom stereocenters. The standard InChI is InChI=1S/C16H12BN4/c1-2-8-14-13(7-1)20(15-9-3-5-11-18-15)17-21(14)16-10-4-6-12-19-16/h1-12H. The average Bonchev–Trinajstić information content (AvgIpc) is 2.96. The van der Waals surface area contributed by atoms with Crippen molar-refractivity contribution in [3.05, 3.63) is 73.1 Å². The summed E-state index contributed by atoms with van der Waals surface area (Å²) in [7, 11) is 2.02. The average molecular weight is 271 g/mol. The lowest BCUT2D eigenvalue weighted by atomic mass is 10.1. The van der Waals surface area contributed by atoms with Gasteiger partial charge in [0.25, 0.3) is 0 Å². The minimum absolute atomic E-state index is 0.892. The van der Waals surface area contributed by atoms with Crippen molar-refractivity contribution in [3.8, 4) is 0 Å². The second kappa shape index (κ2) is 4.94. The number of hydrogen-bond donors (Lipinski definition) is 0. The van der Waals surface area contributed by atoms with Crippen molar-refractivity contribution < 1.29 is 0 Å². The Morgan fingerprint density at radius 1 is 0.619 bits per heavy atom. The molecule has 3 aromatic rings. The molecule has 1 radical (unpaired) electrons. The molecular formula is C16H12BN4. The smallest absolute Gasteiger partial charge is 0.351 e. The number of anilines is 4. The van der Waals surface area contributed by atoms with Gasteiger partial charge in [-0.1, -0.05) is 24.3 Å². The highest BCUT2D eigenvalue weighted by Crippen LogP contribution is 2.41. The minimum Gasteiger partial charge on any atom is -0.351 e. The normalized spacial score (nSPS) is 13.0. The van der Waals surface area contributed by atoms with Crippen LogP contribution in [0, 0.1) is 0 Å². The Balaban J connectivity index is 1.81. The molecule has 0 aliphatic carbocycles. The van der Waals surface area contributed by atoms with Gasteiger partial charge in [-0.25, -0.2) is 9.97 Å². The van der Waals surface area contributed by atoms with E-state index < -0.39 is 0 Å². The Hall–Kier alpha value is -2.82. The maximum atomic E-state index is 4.44. The minimum atomic E-state index is 0.892. The van der Waals surface area contributed by atoms with E-state index in [1.54, 1.807) is 12.4 Å². The molecule has 99 valence electrons. The van der Waals surface area contributed by atoms with Gasteiger partial charge in [-0.15, -0.1) is 0 Å². The summed E-state index contributed by atoms with van der Waals surface area (Å²) in [6.07, 6.45) is 3.60. The Labute approximate surface area is 124 Å². The first kappa shape index (κ1) is 12.0. The lowest BCUT2D eigenvalue weighted by Gasteiger charge is -2.18. The zero-order chi connectivity index (χ0) is 14.1. The third-order valence-corrected chi connectivity index (χ3v) is 3.42. The largest absolute Gasteiger partial charge is 0.403 e. The Kier molecular flexibility index (Phi) is 2.82. The number of nitrogens with zero attached hydrogens (tertiary/aromatic N) is 4. The highest BCUT2D eigenvalue weighted by Gasteiger charge is 2.30. The van der Waals surface area contributed by atoms with Crippen LogP contribution in [0.3, 0.4) is 0 Å². The monoisotopic (exact) mass is 271 g/mol. The molecule has 21 heavy (non-hydrogen) atoms. The molecule has 5 heteroatoms. The van der Waals surface area contributed by atoms with Crippen LogP contribution in [-0.4, -0.2) is 17.5 Å². The molecule has 0 saturated carbocycles. The third-order valence-electron chi connectivity index (χ3n) is 3.42. The van der Waals surface area contributed by atoms with Gasteiger partial charge in [-0.05, 0) is 36.4 Å². The number of pyridine rings is 2. The highest BCUT2D eigenvalue weighted by atomic mass is 15.3. The molecule has 2 aromatic heterocycles. The van der Waals surface area contributed by atoms with Crippen LogP contribution in [0.15, 0.2) is 73.1 Å². The molecule has 0 bridgehead atoms. The van der Waals surface area contributed by atoms with Crippen molar-refractivity contribution in [2.45, 2.75) is 0 Å². The molecule has 3 heterocycles. The van der Waals surface area contributed by atoms with Crippen molar-refractivity contribution >= 4 is 30.6 Å². The molecule has 1 aliphatic rings. The Morgan fingerprint density at radius 2 is 1.10 bits per heavy atom. The van der Waals surface area contributed by atoms with Crippen molar-refractivity contribution in [1.29, 1.82) is 0 Å². The van der Waals surface area contributed by atoms with E-state index in [9.17, 15) is 0 Å². The van der Waals surface area contributed by atoms with Gasteiger partial charge in [0.1, 0.15) is 11.6 Å². The van der Waals surface area contributed by atoms with Gasteiger partial charge in [0.15, 0.2) is 0 Å². The van der Waals surface area contributed by atoms with Crippen molar-refractivity contribution in [2.75, 3.05) is 9.62 Å². The molecule has 0 saturated heterocycles. The summed E-state index contributed by atoms with van der Waals surface area (Å²) in [5.41, 5.74) is 2.20. The fourth-order valence-electron chi connectivity index (χ4n) is 2.47. The van der Waals surface area contributed by atoms with Gasteiger partial charge in [-0.3, -0.25) is 0 Å². The highest BCUT2D eigenvalue weighted by molar-refractivity contribution is 6.54. The van der Waals surface area contributed by atoms with E-state index in [1.165, 1.54) is 0 Å². The summed E-state index contributed by atoms with van der Waals surface area (Å²) >= 11 is 0. The van der Waals surface area contributed by atoms with Gasteiger partial charge < -0.3 is 9.62 Å². The van der Waals surface area contributed by atoms with E-state index in [0.717, 1.165) is 23.0 Å². The number of fused-ring (bicyclic) bond motifs is 1. The van der Waals surface area contributed by atoms with E-state index in [-0.39, 0.29) is 0 Å². The van der Waals surface area contributed by atoms with Crippen LogP contribution in [0.4, 0.5) is 23.0 Å². The van der Waals surface area contributed by atoms with Crippen LogP contribution in [0.1, 0.15) is 0 Å². The molecule has 0 atom stereocenters. The van der Waals surface area contributed by atoms with Crippen LogP contribution >= 0.6 is 0 Å². The van der Waals surface area contributed by atoms with Crippen molar-refractivity contribution in [2.24, 2.45) is 0 Å². The van der Waals surface area contributed by atoms with E-state index >= 15 is 0 Å². The lowest BCUT2D eigenvalue weighted by Crippen LogP contribution is -2.29. The van der Waals surface area contributed by atoms with E-state index in [1.807, 2.05) is 56.1 Å². The molecule has 0 spiro atoms. The zero-order valence-corrected chi connectivity index (χ0v) is 11.3. The fourth-order valence-corrected chi connectivity index (χ4v) is 2.47. The molecule has 0 N–H and O–H groups in total. The molecule has 4 nitrogen and oxygen atoms in total. The summed E-state index contributed by atoms with van der Waals surface area (Å²) < 4.78 is 0. The topological polar surface area (TPSA) is 32.3 Å². The maximum absolute atomic E-state index is 4.44. The first-order valence-electron chi connectivity index (χ1n) is 6.78. The van der Waals surface area contributed by atoms with Gasteiger partial charge >= 0.3 is 7.55 Å². The van der Waals surface area contributed by atoms with E-state index in [4.69, 9.17) is 0 Å². The predicted octanol–water partition coefficient (Wildman–Crippen LogP) is 3.30. The second-order valence-corrected chi connectivity index (χ2v) is 4.72. The number of benzene rings is 1. The van der Waals surface area contributed by atoms with E-state index in [0.29, 0.717) is 0 Å². The zero-order valence-electron chi connectivity index (χ0n) is 11.3. The van der Waals surface area contributed by atoms with Crippen LogP contribution in [0.5, 0.6) is 0 Å². The number of aromatic nitrogens is 2. The van der Waals surface area contributed by atoms with Gasteiger partial charge in [0, 0.05) is 12.4 Å². The molecule has 4 rings (SSSR count). The number of rotatable bonds is 2. The van der Waals surface area contributed by atoms with Crippen molar-refractivity contribution in [3.63, 3.8) is 0 Å². The summed E-state index contributed by atoms with van der Waals surface area (Å²) in [5, 5.41) is 0. The summed E-state index contributed by atoms with van der Waals surface area (Å²) in [4.78, 5) is 13.0. The SMILES string of the molecule is [B]1N(c2ccccn2)c2ccccc2N1c1ccccn1. The first-order valence-corrected chi connectivity index (χ1v) is 6.78. The van der Waals surface area contributed by atoms with Gasteiger partial charge in [-0.2, -0.15) is 0 Å². The van der Waals surface area contributed by atoms with Crippen LogP contribution in [-0.2, 0) is 0 Å². The summed E-state index contributed by atoms with van der Waals surface area (Å²) in [6.45, 7) is 0. The molecule has 0 fully saturated rings. The molecule has 1 aliphatic heterocycles. The Bertz CT molecular complexity index is 684. The maximum Gasteiger partial charge on any atom is 0.403 e. The Morgan fingerprint density at radius 3 is 1.52 bits per heavy atom. The van der Waals surface area contributed by atoms with Crippen LogP contribution < -0.4 is 9.62 Å².